The molecule has 2 aromatic carbocycles. The third kappa shape index (κ3) is 7.71. The molecule has 0 atom stereocenters. The molecule has 212 valence electrons. The van der Waals surface area contributed by atoms with E-state index >= 15 is 0 Å². The summed E-state index contributed by atoms with van der Waals surface area (Å²) in [4.78, 5) is 48.5. The highest BCUT2D eigenvalue weighted by atomic mass is 35.5. The number of methoxy groups -OCH3 is 2. The van der Waals surface area contributed by atoms with Gasteiger partial charge in [-0.15, -0.1) is 11.3 Å². The SMILES string of the molecule is COCCN(CC(=O)Nc1nc(CC(=O)N2CCN(c3ccccc3OC)CC2)cs1)C(=O)c1ccc(Cl)cc1. The first-order valence-corrected chi connectivity index (χ1v) is 14.1. The number of piperazine rings is 1. The van der Waals surface area contributed by atoms with Crippen LogP contribution in [0.25, 0.3) is 0 Å². The Kier molecular flexibility index (Phi) is 10.3. The molecule has 0 saturated carbocycles. The van der Waals surface area contributed by atoms with Crippen LogP contribution in [0.3, 0.4) is 0 Å². The largest absolute Gasteiger partial charge is 0.495 e. The van der Waals surface area contributed by atoms with Crippen LogP contribution in [0.1, 0.15) is 16.1 Å². The lowest BCUT2D eigenvalue weighted by molar-refractivity contribution is -0.130. The Bertz CT molecular complexity index is 1310. The number of hydrogen-bond donors (Lipinski definition) is 1. The number of benzene rings is 2. The molecule has 0 spiro atoms. The van der Waals surface area contributed by atoms with E-state index in [1.54, 1.807) is 36.8 Å². The topological polar surface area (TPSA) is 104 Å². The smallest absolute Gasteiger partial charge is 0.254 e. The summed E-state index contributed by atoms with van der Waals surface area (Å²) in [5.41, 5.74) is 2.03. The predicted molar refractivity (Wildman–Crippen MR) is 155 cm³/mol. The van der Waals surface area contributed by atoms with E-state index < -0.39 is 5.91 Å². The number of anilines is 2. The van der Waals surface area contributed by atoms with E-state index in [1.165, 1.54) is 23.3 Å². The number of carbonyl (C=O) groups excluding carboxylic acids is 3. The molecule has 0 radical (unpaired) electrons. The van der Waals surface area contributed by atoms with Crippen molar-refractivity contribution in [1.82, 2.24) is 14.8 Å². The van der Waals surface area contributed by atoms with Gasteiger partial charge in [-0.2, -0.15) is 0 Å². The summed E-state index contributed by atoms with van der Waals surface area (Å²) in [5.74, 6) is 0.107. The van der Waals surface area contributed by atoms with Gasteiger partial charge in [0.15, 0.2) is 5.13 Å². The van der Waals surface area contributed by atoms with Crippen molar-refractivity contribution in [2.45, 2.75) is 6.42 Å². The summed E-state index contributed by atoms with van der Waals surface area (Å²) in [5, 5.41) is 5.40. The van der Waals surface area contributed by atoms with Gasteiger partial charge in [-0.05, 0) is 36.4 Å². The minimum Gasteiger partial charge on any atom is -0.495 e. The minimum absolute atomic E-state index is 0.0119. The maximum absolute atomic E-state index is 12.9. The zero-order valence-electron chi connectivity index (χ0n) is 22.5. The monoisotopic (exact) mass is 585 g/mol. The third-order valence-electron chi connectivity index (χ3n) is 6.47. The van der Waals surface area contributed by atoms with Crippen LogP contribution in [0.4, 0.5) is 10.8 Å². The van der Waals surface area contributed by atoms with Crippen LogP contribution in [-0.4, -0.2) is 92.6 Å². The molecule has 0 unspecified atom stereocenters. The van der Waals surface area contributed by atoms with Gasteiger partial charge in [0.25, 0.3) is 5.91 Å². The van der Waals surface area contributed by atoms with Crippen molar-refractivity contribution >= 4 is 51.5 Å². The van der Waals surface area contributed by atoms with Gasteiger partial charge >= 0.3 is 0 Å². The second-order valence-electron chi connectivity index (χ2n) is 9.14. The van der Waals surface area contributed by atoms with E-state index in [1.807, 2.05) is 29.2 Å². The number of halogens is 1. The number of nitrogens with zero attached hydrogens (tertiary/aromatic N) is 4. The van der Waals surface area contributed by atoms with Gasteiger partial charge < -0.3 is 29.5 Å². The molecule has 1 aliphatic rings. The van der Waals surface area contributed by atoms with Crippen molar-refractivity contribution in [3.63, 3.8) is 0 Å². The van der Waals surface area contributed by atoms with Gasteiger partial charge in [-0.3, -0.25) is 14.4 Å². The lowest BCUT2D eigenvalue weighted by Gasteiger charge is -2.36. The fourth-order valence-corrected chi connectivity index (χ4v) is 5.21. The van der Waals surface area contributed by atoms with E-state index in [2.05, 4.69) is 15.2 Å². The van der Waals surface area contributed by atoms with E-state index in [0.29, 0.717) is 47.6 Å². The fourth-order valence-electron chi connectivity index (χ4n) is 4.36. The van der Waals surface area contributed by atoms with Gasteiger partial charge in [-0.1, -0.05) is 23.7 Å². The van der Waals surface area contributed by atoms with E-state index in [0.717, 1.165) is 11.4 Å². The van der Waals surface area contributed by atoms with Crippen molar-refractivity contribution in [1.29, 1.82) is 0 Å². The zero-order chi connectivity index (χ0) is 28.5. The van der Waals surface area contributed by atoms with Crippen LogP contribution in [0.15, 0.2) is 53.9 Å². The molecule has 40 heavy (non-hydrogen) atoms. The molecule has 1 N–H and O–H groups in total. The number of nitrogens with one attached hydrogen (secondary N) is 1. The number of para-hydroxylation sites is 2. The Hall–Kier alpha value is -3.67. The summed E-state index contributed by atoms with van der Waals surface area (Å²) in [6.07, 6.45) is 0.149. The lowest BCUT2D eigenvalue weighted by atomic mass is 10.2. The molecule has 0 aliphatic carbocycles. The minimum atomic E-state index is -0.391. The Morgan fingerprint density at radius 2 is 1.77 bits per heavy atom. The second kappa shape index (κ2) is 14.1. The predicted octanol–water partition coefficient (Wildman–Crippen LogP) is 3.42. The van der Waals surface area contributed by atoms with Gasteiger partial charge in [-0.25, -0.2) is 4.98 Å². The van der Waals surface area contributed by atoms with E-state index in [4.69, 9.17) is 21.1 Å². The second-order valence-corrected chi connectivity index (χ2v) is 10.4. The van der Waals surface area contributed by atoms with Crippen molar-refractivity contribution in [2.75, 3.05) is 70.3 Å². The first kappa shape index (κ1) is 29.3. The molecule has 1 saturated heterocycles. The van der Waals surface area contributed by atoms with Crippen LogP contribution in [0, 0.1) is 0 Å². The van der Waals surface area contributed by atoms with Crippen molar-refractivity contribution in [3.8, 4) is 5.75 Å². The Morgan fingerprint density at radius 3 is 2.48 bits per heavy atom. The Morgan fingerprint density at radius 1 is 1.05 bits per heavy atom. The normalized spacial score (nSPS) is 13.2. The average molecular weight is 586 g/mol. The van der Waals surface area contributed by atoms with Gasteiger partial charge in [0, 0.05) is 55.8 Å². The maximum atomic E-state index is 12.9. The van der Waals surface area contributed by atoms with Crippen LogP contribution in [-0.2, 0) is 20.7 Å². The van der Waals surface area contributed by atoms with Crippen LogP contribution < -0.4 is 15.0 Å². The van der Waals surface area contributed by atoms with Crippen LogP contribution in [0.2, 0.25) is 5.02 Å². The number of amides is 3. The van der Waals surface area contributed by atoms with Crippen molar-refractivity contribution in [3.05, 3.63) is 70.2 Å². The number of aromatic nitrogens is 1. The molecule has 2 heterocycles. The van der Waals surface area contributed by atoms with Gasteiger partial charge in [0.05, 0.1) is 31.5 Å². The van der Waals surface area contributed by atoms with E-state index in [9.17, 15) is 14.4 Å². The number of ether oxygens (including phenoxy) is 2. The van der Waals surface area contributed by atoms with E-state index in [-0.39, 0.29) is 37.9 Å². The third-order valence-corrected chi connectivity index (χ3v) is 7.53. The lowest BCUT2D eigenvalue weighted by Crippen LogP contribution is -2.49. The molecule has 3 amide bonds. The number of thiazole rings is 1. The molecule has 1 aromatic heterocycles. The molecule has 10 nitrogen and oxygen atoms in total. The van der Waals surface area contributed by atoms with Crippen LogP contribution in [0.5, 0.6) is 5.75 Å². The first-order valence-electron chi connectivity index (χ1n) is 12.8. The highest BCUT2D eigenvalue weighted by Crippen LogP contribution is 2.28. The average Bonchev–Trinajstić information content (AvgIpc) is 3.41. The molecule has 3 aromatic rings. The molecule has 4 rings (SSSR count). The maximum Gasteiger partial charge on any atom is 0.254 e. The molecule has 0 bridgehead atoms. The highest BCUT2D eigenvalue weighted by Gasteiger charge is 2.24. The number of hydrogen-bond acceptors (Lipinski definition) is 8. The highest BCUT2D eigenvalue weighted by molar-refractivity contribution is 7.13. The molecule has 1 fully saturated rings. The van der Waals surface area contributed by atoms with Gasteiger partial charge in [0.1, 0.15) is 12.3 Å². The quantitative estimate of drug-likeness (QED) is 0.368. The standard InChI is InChI=1S/C28H32ClN5O5S/c1-38-16-15-34(27(37)20-7-9-21(29)10-8-20)18-25(35)31-28-30-22(19-40-28)17-26(36)33-13-11-32(12-14-33)23-5-3-4-6-24(23)39-2/h3-10,19H,11-18H2,1-2H3,(H,30,31,35). The summed E-state index contributed by atoms with van der Waals surface area (Å²) in [7, 11) is 3.19. The van der Waals surface area contributed by atoms with Crippen LogP contribution >= 0.6 is 22.9 Å². The fraction of sp³-hybridized carbons (Fsp3) is 0.357. The summed E-state index contributed by atoms with van der Waals surface area (Å²) >= 11 is 7.17. The number of rotatable bonds is 11. The van der Waals surface area contributed by atoms with Gasteiger partial charge in [0.2, 0.25) is 11.8 Å². The van der Waals surface area contributed by atoms with Crippen molar-refractivity contribution < 1.29 is 23.9 Å². The Balaban J connectivity index is 1.28. The summed E-state index contributed by atoms with van der Waals surface area (Å²) in [6, 6.07) is 14.3. The summed E-state index contributed by atoms with van der Waals surface area (Å²) < 4.78 is 10.6. The summed E-state index contributed by atoms with van der Waals surface area (Å²) in [6.45, 7) is 2.97. The molecular formula is C28H32ClN5O5S. The zero-order valence-corrected chi connectivity index (χ0v) is 24.0. The van der Waals surface area contributed by atoms with Crippen molar-refractivity contribution in [2.24, 2.45) is 0 Å². The molecule has 12 heteroatoms. The Labute approximate surface area is 242 Å². The first-order chi connectivity index (χ1) is 19.4. The molecular weight excluding hydrogens is 554 g/mol. The number of carbonyl (C=O) groups is 3. The molecule has 1 aliphatic heterocycles.